The summed E-state index contributed by atoms with van der Waals surface area (Å²) in [5, 5.41) is 4.91. The first kappa shape index (κ1) is 11.8. The molecule has 5 heteroatoms. The molecule has 21 heavy (non-hydrogen) atoms. The van der Waals surface area contributed by atoms with Crippen molar-refractivity contribution in [1.29, 1.82) is 0 Å². The van der Waals surface area contributed by atoms with Gasteiger partial charge in [0.2, 0.25) is 5.82 Å². The van der Waals surface area contributed by atoms with Crippen LogP contribution in [0.4, 0.5) is 4.39 Å². The fourth-order valence-electron chi connectivity index (χ4n) is 2.28. The van der Waals surface area contributed by atoms with Gasteiger partial charge in [-0.2, -0.15) is 4.98 Å². The van der Waals surface area contributed by atoms with Crippen molar-refractivity contribution in [3.63, 3.8) is 0 Å². The van der Waals surface area contributed by atoms with Crippen LogP contribution in [0.25, 0.3) is 33.7 Å². The van der Waals surface area contributed by atoms with Gasteiger partial charge >= 0.3 is 0 Å². The summed E-state index contributed by atoms with van der Waals surface area (Å²) < 4.78 is 19.0. The fraction of sp³-hybridized carbons (Fsp3) is 0. The molecular formula is C16H10FN3O. The molecule has 0 saturated carbocycles. The topological polar surface area (TPSA) is 54.7 Å². The number of halogens is 1. The Kier molecular flexibility index (Phi) is 2.57. The second-order valence-electron chi connectivity index (χ2n) is 4.68. The number of hydrogen-bond acceptors (Lipinski definition) is 3. The van der Waals surface area contributed by atoms with E-state index in [1.54, 1.807) is 18.2 Å². The first-order valence-electron chi connectivity index (χ1n) is 6.47. The Hall–Kier alpha value is -2.95. The number of benzene rings is 2. The Morgan fingerprint density at radius 3 is 2.86 bits per heavy atom. The smallest absolute Gasteiger partial charge is 0.258 e. The minimum atomic E-state index is -0.370. The van der Waals surface area contributed by atoms with Crippen LogP contribution < -0.4 is 0 Å². The molecule has 2 aromatic carbocycles. The van der Waals surface area contributed by atoms with Gasteiger partial charge in [-0.1, -0.05) is 17.3 Å². The van der Waals surface area contributed by atoms with Crippen LogP contribution in [0, 0.1) is 5.82 Å². The number of H-pyrrole nitrogens is 1. The number of nitrogens with zero attached hydrogens (tertiary/aromatic N) is 2. The maximum Gasteiger partial charge on any atom is 0.258 e. The van der Waals surface area contributed by atoms with Crippen molar-refractivity contribution < 1.29 is 8.91 Å². The first-order valence-corrected chi connectivity index (χ1v) is 6.47. The number of fused-ring (bicyclic) bond motifs is 1. The zero-order chi connectivity index (χ0) is 14.2. The highest BCUT2D eigenvalue weighted by atomic mass is 19.1. The summed E-state index contributed by atoms with van der Waals surface area (Å²) in [6.45, 7) is 0. The van der Waals surface area contributed by atoms with Crippen molar-refractivity contribution in [2.45, 2.75) is 0 Å². The standard InChI is InChI=1S/C16H10FN3O/c17-13-4-2-1-3-12(13)15-19-16(21-20-15)11-5-6-14-10(9-11)7-8-18-14/h1-9,18H. The van der Waals surface area contributed by atoms with Crippen LogP contribution in [0.15, 0.2) is 59.3 Å². The highest BCUT2D eigenvalue weighted by molar-refractivity contribution is 5.83. The van der Waals surface area contributed by atoms with Gasteiger partial charge in [0.05, 0.1) is 5.56 Å². The molecule has 4 rings (SSSR count). The molecule has 1 N–H and O–H groups in total. The molecule has 0 atom stereocenters. The molecule has 4 nitrogen and oxygen atoms in total. The van der Waals surface area contributed by atoms with E-state index < -0.39 is 0 Å². The minimum absolute atomic E-state index is 0.247. The predicted octanol–water partition coefficient (Wildman–Crippen LogP) is 4.02. The third-order valence-electron chi connectivity index (χ3n) is 3.34. The van der Waals surface area contributed by atoms with Crippen LogP contribution in [-0.2, 0) is 0 Å². The van der Waals surface area contributed by atoms with Gasteiger partial charge in [-0.25, -0.2) is 4.39 Å². The van der Waals surface area contributed by atoms with Crippen molar-refractivity contribution >= 4 is 10.9 Å². The number of hydrogen-bond donors (Lipinski definition) is 1. The highest BCUT2D eigenvalue weighted by Crippen LogP contribution is 2.26. The van der Waals surface area contributed by atoms with Gasteiger partial charge in [-0.05, 0) is 36.4 Å². The van der Waals surface area contributed by atoms with Crippen LogP contribution in [0.3, 0.4) is 0 Å². The van der Waals surface area contributed by atoms with E-state index in [4.69, 9.17) is 4.52 Å². The lowest BCUT2D eigenvalue weighted by Gasteiger charge is -1.96. The molecule has 0 aliphatic heterocycles. The molecule has 0 saturated heterocycles. The van der Waals surface area contributed by atoms with E-state index in [0.29, 0.717) is 11.5 Å². The van der Waals surface area contributed by atoms with Crippen LogP contribution >= 0.6 is 0 Å². The lowest BCUT2D eigenvalue weighted by Crippen LogP contribution is -1.85. The third kappa shape index (κ3) is 1.99. The molecule has 0 bridgehead atoms. The van der Waals surface area contributed by atoms with Crippen LogP contribution in [0.2, 0.25) is 0 Å². The van der Waals surface area contributed by atoms with Crippen LogP contribution in [0.5, 0.6) is 0 Å². The third-order valence-corrected chi connectivity index (χ3v) is 3.34. The Morgan fingerprint density at radius 2 is 1.95 bits per heavy atom. The Labute approximate surface area is 119 Å². The van der Waals surface area contributed by atoms with Crippen LogP contribution in [-0.4, -0.2) is 15.1 Å². The SMILES string of the molecule is Fc1ccccc1-c1noc(-c2ccc3[nH]ccc3c2)n1. The van der Waals surface area contributed by atoms with Gasteiger partial charge in [0.25, 0.3) is 5.89 Å². The number of nitrogens with one attached hydrogen (secondary N) is 1. The van der Waals surface area contributed by atoms with Gasteiger partial charge in [0.15, 0.2) is 0 Å². The first-order chi connectivity index (χ1) is 10.3. The van der Waals surface area contributed by atoms with Gasteiger partial charge in [0.1, 0.15) is 5.82 Å². The number of rotatable bonds is 2. The summed E-state index contributed by atoms with van der Waals surface area (Å²) in [6, 6.07) is 14.1. The van der Waals surface area contributed by atoms with Crippen molar-refractivity contribution in [2.24, 2.45) is 0 Å². The van der Waals surface area contributed by atoms with E-state index in [1.165, 1.54) is 6.07 Å². The average molecular weight is 279 g/mol. The van der Waals surface area contributed by atoms with E-state index in [-0.39, 0.29) is 11.6 Å². The zero-order valence-corrected chi connectivity index (χ0v) is 10.9. The zero-order valence-electron chi connectivity index (χ0n) is 10.9. The molecule has 4 aromatic rings. The van der Waals surface area contributed by atoms with Crippen molar-refractivity contribution in [3.05, 3.63) is 60.5 Å². The van der Waals surface area contributed by atoms with Gasteiger partial charge in [-0.3, -0.25) is 0 Å². The van der Waals surface area contributed by atoms with E-state index in [9.17, 15) is 4.39 Å². The van der Waals surface area contributed by atoms with Crippen molar-refractivity contribution in [1.82, 2.24) is 15.1 Å². The summed E-state index contributed by atoms with van der Waals surface area (Å²) in [7, 11) is 0. The quantitative estimate of drug-likeness (QED) is 0.603. The molecular weight excluding hydrogens is 269 g/mol. The summed E-state index contributed by atoms with van der Waals surface area (Å²) >= 11 is 0. The molecule has 102 valence electrons. The number of aromatic amines is 1. The molecule has 0 aliphatic carbocycles. The van der Waals surface area contributed by atoms with E-state index in [1.807, 2.05) is 30.5 Å². The molecule has 0 unspecified atom stereocenters. The lowest BCUT2D eigenvalue weighted by atomic mass is 10.1. The molecule has 0 spiro atoms. The summed E-state index contributed by atoms with van der Waals surface area (Å²) in [5.41, 5.74) is 2.17. The predicted molar refractivity (Wildman–Crippen MR) is 77.0 cm³/mol. The van der Waals surface area contributed by atoms with Crippen molar-refractivity contribution in [2.75, 3.05) is 0 Å². The van der Waals surface area contributed by atoms with E-state index >= 15 is 0 Å². The van der Waals surface area contributed by atoms with Crippen LogP contribution in [0.1, 0.15) is 0 Å². The minimum Gasteiger partial charge on any atom is -0.361 e. The summed E-state index contributed by atoms with van der Waals surface area (Å²) in [5.74, 6) is 0.250. The van der Waals surface area contributed by atoms with Gasteiger partial charge < -0.3 is 9.51 Å². The Bertz CT molecular complexity index is 926. The molecule has 2 aromatic heterocycles. The Balaban J connectivity index is 1.78. The normalized spacial score (nSPS) is 11.1. The lowest BCUT2D eigenvalue weighted by molar-refractivity contribution is 0.432. The molecule has 0 aliphatic rings. The monoisotopic (exact) mass is 279 g/mol. The van der Waals surface area contributed by atoms with Gasteiger partial charge in [-0.15, -0.1) is 0 Å². The maximum atomic E-state index is 13.7. The van der Waals surface area contributed by atoms with Crippen molar-refractivity contribution in [3.8, 4) is 22.8 Å². The fourth-order valence-corrected chi connectivity index (χ4v) is 2.28. The average Bonchev–Trinajstić information content (AvgIpc) is 3.16. The maximum absolute atomic E-state index is 13.7. The summed E-state index contributed by atoms with van der Waals surface area (Å²) in [4.78, 5) is 7.40. The highest BCUT2D eigenvalue weighted by Gasteiger charge is 2.13. The molecule has 0 radical (unpaired) electrons. The number of aromatic nitrogens is 3. The Morgan fingerprint density at radius 1 is 1.05 bits per heavy atom. The summed E-state index contributed by atoms with van der Waals surface area (Å²) in [6.07, 6.45) is 1.87. The van der Waals surface area contributed by atoms with E-state index in [0.717, 1.165) is 16.5 Å². The van der Waals surface area contributed by atoms with Gasteiger partial charge in [0, 0.05) is 22.7 Å². The molecule has 0 amide bonds. The largest absolute Gasteiger partial charge is 0.361 e. The second-order valence-corrected chi connectivity index (χ2v) is 4.68. The molecule has 0 fully saturated rings. The second kappa shape index (κ2) is 4.56. The molecule has 2 heterocycles. The van der Waals surface area contributed by atoms with E-state index in [2.05, 4.69) is 15.1 Å².